The molecule has 0 aromatic rings. The number of carbonyl (C=O) groups is 3. The Kier molecular flexibility index (Phi) is 4.37. The number of amides is 3. The summed E-state index contributed by atoms with van der Waals surface area (Å²) in [6, 6.07) is -0.563. The van der Waals surface area contributed by atoms with Crippen LogP contribution in [-0.4, -0.2) is 34.7 Å². The number of imide groups is 1. The SMILES string of the molecule is CC(NC(=O)C(C)N1C(=O)C2CCCCC2C1=O)C1CC2CCC1C2. The summed E-state index contributed by atoms with van der Waals surface area (Å²) >= 11 is 0. The lowest BCUT2D eigenvalue weighted by Crippen LogP contribution is -2.51. The van der Waals surface area contributed by atoms with Crippen molar-refractivity contribution in [1.29, 1.82) is 0 Å². The van der Waals surface area contributed by atoms with Crippen molar-refractivity contribution in [2.24, 2.45) is 29.6 Å². The molecular formula is C20H30N2O3. The largest absolute Gasteiger partial charge is 0.352 e. The molecule has 1 saturated heterocycles. The zero-order valence-electron chi connectivity index (χ0n) is 15.4. The summed E-state index contributed by atoms with van der Waals surface area (Å²) < 4.78 is 0. The predicted octanol–water partition coefficient (Wildman–Crippen LogP) is 2.49. The summed E-state index contributed by atoms with van der Waals surface area (Å²) in [5.41, 5.74) is 0. The zero-order chi connectivity index (χ0) is 17.7. The summed E-state index contributed by atoms with van der Waals surface area (Å²) in [5, 5.41) is 3.12. The summed E-state index contributed by atoms with van der Waals surface area (Å²) in [6.45, 7) is 3.79. The van der Waals surface area contributed by atoms with E-state index in [1.54, 1.807) is 6.92 Å². The minimum atomic E-state index is -0.688. The first-order valence-corrected chi connectivity index (χ1v) is 10.1. The number of likely N-dealkylation sites (tertiary alicyclic amines) is 1. The topological polar surface area (TPSA) is 66.5 Å². The van der Waals surface area contributed by atoms with Gasteiger partial charge in [0.25, 0.3) is 0 Å². The Morgan fingerprint density at radius 2 is 1.64 bits per heavy atom. The molecule has 4 fully saturated rings. The van der Waals surface area contributed by atoms with E-state index in [9.17, 15) is 14.4 Å². The van der Waals surface area contributed by atoms with E-state index in [1.807, 2.05) is 0 Å². The van der Waals surface area contributed by atoms with Gasteiger partial charge in [-0.05, 0) is 63.7 Å². The van der Waals surface area contributed by atoms with Gasteiger partial charge in [0.1, 0.15) is 6.04 Å². The predicted molar refractivity (Wildman–Crippen MR) is 93.3 cm³/mol. The van der Waals surface area contributed by atoms with Gasteiger partial charge in [-0.1, -0.05) is 19.3 Å². The third-order valence-electron chi connectivity index (χ3n) is 7.45. The maximum atomic E-state index is 12.7. The van der Waals surface area contributed by atoms with Crippen LogP contribution >= 0.6 is 0 Å². The highest BCUT2D eigenvalue weighted by Crippen LogP contribution is 2.49. The fourth-order valence-corrected chi connectivity index (χ4v) is 6.05. The van der Waals surface area contributed by atoms with Crippen molar-refractivity contribution in [3.63, 3.8) is 0 Å². The first-order valence-electron chi connectivity index (χ1n) is 10.1. The molecule has 3 saturated carbocycles. The van der Waals surface area contributed by atoms with E-state index in [4.69, 9.17) is 0 Å². The Hall–Kier alpha value is -1.39. The van der Waals surface area contributed by atoms with Crippen molar-refractivity contribution in [3.05, 3.63) is 0 Å². The lowest BCUT2D eigenvalue weighted by molar-refractivity contribution is -0.147. The van der Waals surface area contributed by atoms with Crippen molar-refractivity contribution >= 4 is 17.7 Å². The molecule has 5 nitrogen and oxygen atoms in total. The molecule has 5 heteroatoms. The van der Waals surface area contributed by atoms with Crippen LogP contribution in [0.2, 0.25) is 0 Å². The highest BCUT2D eigenvalue weighted by molar-refractivity contribution is 6.08. The van der Waals surface area contributed by atoms with Crippen LogP contribution in [0, 0.1) is 29.6 Å². The molecule has 1 heterocycles. The molecule has 2 bridgehead atoms. The second-order valence-corrected chi connectivity index (χ2v) is 8.86. The van der Waals surface area contributed by atoms with Gasteiger partial charge < -0.3 is 5.32 Å². The van der Waals surface area contributed by atoms with E-state index in [0.29, 0.717) is 5.92 Å². The van der Waals surface area contributed by atoms with Crippen LogP contribution in [0.15, 0.2) is 0 Å². The van der Waals surface area contributed by atoms with Gasteiger partial charge in [0.05, 0.1) is 11.8 Å². The monoisotopic (exact) mass is 346 g/mol. The average molecular weight is 346 g/mol. The van der Waals surface area contributed by atoms with Gasteiger partial charge in [0, 0.05) is 6.04 Å². The fraction of sp³-hybridized carbons (Fsp3) is 0.850. The highest BCUT2D eigenvalue weighted by Gasteiger charge is 2.51. The standard InChI is InChI=1S/C20H30N2O3/c1-11(17-10-13-7-8-14(17)9-13)21-18(23)12(2)22-19(24)15-5-3-4-6-16(15)20(22)25/h11-17H,3-10H2,1-2H3,(H,21,23). The van der Waals surface area contributed by atoms with Gasteiger partial charge in [-0.25, -0.2) is 0 Å². The number of hydrogen-bond acceptors (Lipinski definition) is 3. The van der Waals surface area contributed by atoms with E-state index in [0.717, 1.165) is 37.5 Å². The smallest absolute Gasteiger partial charge is 0.243 e. The van der Waals surface area contributed by atoms with Crippen LogP contribution < -0.4 is 5.32 Å². The molecule has 138 valence electrons. The minimum Gasteiger partial charge on any atom is -0.352 e. The molecule has 4 rings (SSSR count). The lowest BCUT2D eigenvalue weighted by Gasteiger charge is -2.30. The Balaban J connectivity index is 1.40. The molecule has 7 atom stereocenters. The van der Waals surface area contributed by atoms with Crippen molar-refractivity contribution in [2.75, 3.05) is 0 Å². The molecule has 0 aromatic heterocycles. The second kappa shape index (κ2) is 6.40. The molecular weight excluding hydrogens is 316 g/mol. The van der Waals surface area contributed by atoms with Crippen molar-refractivity contribution in [3.8, 4) is 0 Å². The molecule has 0 spiro atoms. The summed E-state index contributed by atoms with van der Waals surface area (Å²) in [6.07, 6.45) is 8.77. The molecule has 0 aromatic carbocycles. The van der Waals surface area contributed by atoms with Crippen LogP contribution in [0.5, 0.6) is 0 Å². The normalized spacial score (nSPS) is 39.4. The molecule has 7 unspecified atom stereocenters. The van der Waals surface area contributed by atoms with Crippen molar-refractivity contribution in [2.45, 2.75) is 77.3 Å². The van der Waals surface area contributed by atoms with Crippen molar-refractivity contribution in [1.82, 2.24) is 10.2 Å². The van der Waals surface area contributed by atoms with Crippen LogP contribution in [0.3, 0.4) is 0 Å². The first-order chi connectivity index (χ1) is 12.0. The fourth-order valence-electron chi connectivity index (χ4n) is 6.05. The maximum absolute atomic E-state index is 12.7. The second-order valence-electron chi connectivity index (χ2n) is 8.86. The van der Waals surface area contributed by atoms with Crippen LogP contribution in [0.25, 0.3) is 0 Å². The average Bonchev–Trinajstić information content (AvgIpc) is 3.30. The van der Waals surface area contributed by atoms with Crippen LogP contribution in [0.4, 0.5) is 0 Å². The number of carbonyl (C=O) groups excluding carboxylic acids is 3. The van der Waals surface area contributed by atoms with Crippen LogP contribution in [0.1, 0.15) is 65.2 Å². The quantitative estimate of drug-likeness (QED) is 0.795. The molecule has 1 N–H and O–H groups in total. The summed E-state index contributed by atoms with van der Waals surface area (Å²) in [7, 11) is 0. The number of nitrogens with zero attached hydrogens (tertiary/aromatic N) is 1. The van der Waals surface area contributed by atoms with Gasteiger partial charge in [0.15, 0.2) is 0 Å². The Morgan fingerprint density at radius 3 is 2.16 bits per heavy atom. The number of hydrogen-bond donors (Lipinski definition) is 1. The van der Waals surface area contributed by atoms with Crippen LogP contribution in [-0.2, 0) is 14.4 Å². The summed E-state index contributed by atoms with van der Waals surface area (Å²) in [4.78, 5) is 39.3. The van der Waals surface area contributed by atoms with E-state index in [1.165, 1.54) is 30.6 Å². The van der Waals surface area contributed by atoms with Gasteiger partial charge in [-0.2, -0.15) is 0 Å². The first kappa shape index (κ1) is 17.0. The van der Waals surface area contributed by atoms with Gasteiger partial charge >= 0.3 is 0 Å². The lowest BCUT2D eigenvalue weighted by atomic mass is 9.81. The molecule has 0 radical (unpaired) electrons. The Labute approximate surface area is 149 Å². The molecule has 1 aliphatic heterocycles. The molecule has 3 aliphatic carbocycles. The Bertz CT molecular complexity index is 565. The maximum Gasteiger partial charge on any atom is 0.243 e. The zero-order valence-corrected chi connectivity index (χ0v) is 15.4. The van der Waals surface area contributed by atoms with Gasteiger partial charge in [0.2, 0.25) is 17.7 Å². The van der Waals surface area contributed by atoms with Gasteiger partial charge in [-0.3, -0.25) is 19.3 Å². The number of fused-ring (bicyclic) bond motifs is 3. The third kappa shape index (κ3) is 2.80. The minimum absolute atomic E-state index is 0.120. The molecule has 4 aliphatic rings. The van der Waals surface area contributed by atoms with E-state index >= 15 is 0 Å². The third-order valence-corrected chi connectivity index (χ3v) is 7.45. The molecule has 25 heavy (non-hydrogen) atoms. The van der Waals surface area contributed by atoms with E-state index < -0.39 is 6.04 Å². The van der Waals surface area contributed by atoms with Gasteiger partial charge in [-0.15, -0.1) is 0 Å². The number of nitrogens with one attached hydrogen (secondary N) is 1. The summed E-state index contributed by atoms with van der Waals surface area (Å²) in [5.74, 6) is 1.37. The molecule has 3 amide bonds. The van der Waals surface area contributed by atoms with E-state index in [-0.39, 0.29) is 35.6 Å². The number of rotatable bonds is 4. The highest BCUT2D eigenvalue weighted by atomic mass is 16.2. The van der Waals surface area contributed by atoms with Crippen molar-refractivity contribution < 1.29 is 14.4 Å². The van der Waals surface area contributed by atoms with E-state index in [2.05, 4.69) is 12.2 Å². The Morgan fingerprint density at radius 1 is 1.00 bits per heavy atom.